The summed E-state index contributed by atoms with van der Waals surface area (Å²) in [7, 11) is 2.09. The number of thiazole rings is 1. The fourth-order valence-corrected chi connectivity index (χ4v) is 3.10. The van der Waals surface area contributed by atoms with Gasteiger partial charge in [0.25, 0.3) is 0 Å². The molecule has 2 rings (SSSR count). The third-order valence-corrected chi connectivity index (χ3v) is 4.24. The Kier molecular flexibility index (Phi) is 5.10. The Hall–Kier alpha value is -0.750. The van der Waals surface area contributed by atoms with Gasteiger partial charge in [0.05, 0.1) is 11.2 Å². The van der Waals surface area contributed by atoms with Crippen LogP contribution in [0.15, 0.2) is 39.6 Å². The van der Waals surface area contributed by atoms with Gasteiger partial charge in [-0.15, -0.1) is 11.3 Å². The van der Waals surface area contributed by atoms with E-state index in [1.54, 1.807) is 11.3 Å². The summed E-state index contributed by atoms with van der Waals surface area (Å²) in [5.74, 6) is 0. The van der Waals surface area contributed by atoms with Crippen LogP contribution in [0.25, 0.3) is 0 Å². The molecule has 3 nitrogen and oxygen atoms in total. The Morgan fingerprint density at radius 1 is 1.37 bits per heavy atom. The van der Waals surface area contributed by atoms with Crippen molar-refractivity contribution in [1.82, 2.24) is 9.88 Å². The lowest BCUT2D eigenvalue weighted by Crippen LogP contribution is -2.37. The quantitative estimate of drug-likeness (QED) is 0.907. The highest BCUT2D eigenvalue weighted by atomic mass is 79.9. The van der Waals surface area contributed by atoms with Gasteiger partial charge >= 0.3 is 0 Å². The maximum Gasteiger partial charge on any atom is 0.0795 e. The van der Waals surface area contributed by atoms with Gasteiger partial charge in [0.2, 0.25) is 0 Å². The van der Waals surface area contributed by atoms with Crippen LogP contribution in [0, 0.1) is 0 Å². The van der Waals surface area contributed by atoms with E-state index in [9.17, 15) is 0 Å². The van der Waals surface area contributed by atoms with Gasteiger partial charge in [-0.3, -0.25) is 4.90 Å². The average Bonchev–Trinajstić information content (AvgIpc) is 2.84. The first-order valence-corrected chi connectivity index (χ1v) is 7.90. The van der Waals surface area contributed by atoms with Crippen LogP contribution in [-0.2, 0) is 6.54 Å². The van der Waals surface area contributed by atoms with E-state index in [0.717, 1.165) is 16.7 Å². The highest BCUT2D eigenvalue weighted by Gasteiger charge is 2.21. The molecule has 1 heterocycles. The van der Waals surface area contributed by atoms with E-state index in [2.05, 4.69) is 62.5 Å². The van der Waals surface area contributed by atoms with Crippen LogP contribution in [0.2, 0.25) is 0 Å². The molecule has 0 fully saturated rings. The highest BCUT2D eigenvalue weighted by Crippen LogP contribution is 2.25. The second kappa shape index (κ2) is 6.61. The molecule has 1 aromatic carbocycles. The SMILES string of the molecule is CC(N)C(c1ccc(Br)cc1)N(C)Cc1cscn1. The number of nitrogens with two attached hydrogens (primary N) is 1. The monoisotopic (exact) mass is 339 g/mol. The Balaban J connectivity index is 2.17. The molecule has 2 aromatic rings. The van der Waals surface area contributed by atoms with Crippen LogP contribution >= 0.6 is 27.3 Å². The average molecular weight is 340 g/mol. The van der Waals surface area contributed by atoms with Crippen molar-refractivity contribution >= 4 is 27.3 Å². The first-order chi connectivity index (χ1) is 9.08. The standard InChI is InChI=1S/C14H18BrN3S/c1-10(16)14(11-3-5-12(15)6-4-11)18(2)7-13-8-19-9-17-13/h3-6,8-10,14H,7,16H2,1-2H3. The molecule has 2 unspecified atom stereocenters. The highest BCUT2D eigenvalue weighted by molar-refractivity contribution is 9.10. The number of hydrogen-bond acceptors (Lipinski definition) is 4. The molecular formula is C14H18BrN3S. The molecule has 2 N–H and O–H groups in total. The summed E-state index contributed by atoms with van der Waals surface area (Å²) in [6, 6.07) is 8.60. The lowest BCUT2D eigenvalue weighted by Gasteiger charge is -2.31. The summed E-state index contributed by atoms with van der Waals surface area (Å²) in [5, 5.41) is 2.08. The zero-order valence-corrected chi connectivity index (χ0v) is 13.5. The first kappa shape index (κ1) is 14.7. The van der Waals surface area contributed by atoms with E-state index < -0.39 is 0 Å². The number of rotatable bonds is 5. The number of halogens is 1. The third kappa shape index (κ3) is 3.86. The fourth-order valence-electron chi connectivity index (χ4n) is 2.29. The van der Waals surface area contributed by atoms with Crippen molar-refractivity contribution in [3.63, 3.8) is 0 Å². The van der Waals surface area contributed by atoms with Crippen LogP contribution in [0.1, 0.15) is 24.2 Å². The number of benzene rings is 1. The van der Waals surface area contributed by atoms with Crippen molar-refractivity contribution in [3.05, 3.63) is 50.9 Å². The lowest BCUT2D eigenvalue weighted by atomic mass is 9.99. The number of likely N-dealkylation sites (N-methyl/N-ethyl adjacent to an activating group) is 1. The Labute approximate surface area is 126 Å². The van der Waals surface area contributed by atoms with E-state index in [4.69, 9.17) is 5.73 Å². The van der Waals surface area contributed by atoms with Crippen molar-refractivity contribution in [2.45, 2.75) is 25.6 Å². The number of aromatic nitrogens is 1. The smallest absolute Gasteiger partial charge is 0.0795 e. The predicted molar refractivity (Wildman–Crippen MR) is 84.1 cm³/mol. The normalized spacial score (nSPS) is 14.6. The van der Waals surface area contributed by atoms with Gasteiger partial charge in [-0.1, -0.05) is 28.1 Å². The van der Waals surface area contributed by atoms with E-state index >= 15 is 0 Å². The predicted octanol–water partition coefficient (Wildman–Crippen LogP) is 3.43. The molecule has 5 heteroatoms. The summed E-state index contributed by atoms with van der Waals surface area (Å²) in [5.41, 5.74) is 10.4. The van der Waals surface area contributed by atoms with Gasteiger partial charge in [0, 0.05) is 28.5 Å². The molecule has 0 aliphatic heterocycles. The van der Waals surface area contributed by atoms with Crippen molar-refractivity contribution < 1.29 is 0 Å². The van der Waals surface area contributed by atoms with Crippen molar-refractivity contribution in [3.8, 4) is 0 Å². The number of nitrogens with zero attached hydrogens (tertiary/aromatic N) is 2. The minimum Gasteiger partial charge on any atom is -0.326 e. The molecule has 19 heavy (non-hydrogen) atoms. The molecule has 0 amide bonds. The van der Waals surface area contributed by atoms with Gasteiger partial charge in [-0.2, -0.15) is 0 Å². The topological polar surface area (TPSA) is 42.1 Å². The molecule has 0 aliphatic rings. The van der Waals surface area contributed by atoms with E-state index in [0.29, 0.717) is 0 Å². The summed E-state index contributed by atoms with van der Waals surface area (Å²) >= 11 is 5.09. The molecule has 0 aliphatic carbocycles. The molecule has 0 radical (unpaired) electrons. The van der Waals surface area contributed by atoms with Gasteiger partial charge in [0.1, 0.15) is 0 Å². The second-order valence-corrected chi connectivity index (χ2v) is 6.38. The molecular weight excluding hydrogens is 322 g/mol. The molecule has 102 valence electrons. The van der Waals surface area contributed by atoms with Gasteiger partial charge in [0.15, 0.2) is 0 Å². The second-order valence-electron chi connectivity index (χ2n) is 4.75. The van der Waals surface area contributed by atoms with Crippen LogP contribution in [0.3, 0.4) is 0 Å². The zero-order chi connectivity index (χ0) is 13.8. The van der Waals surface area contributed by atoms with Gasteiger partial charge in [-0.25, -0.2) is 4.98 Å². The molecule has 0 saturated heterocycles. The van der Waals surface area contributed by atoms with Crippen molar-refractivity contribution in [2.75, 3.05) is 7.05 Å². The van der Waals surface area contributed by atoms with Gasteiger partial charge < -0.3 is 5.73 Å². The molecule has 0 bridgehead atoms. The summed E-state index contributed by atoms with van der Waals surface area (Å²) < 4.78 is 1.09. The largest absolute Gasteiger partial charge is 0.326 e. The van der Waals surface area contributed by atoms with Crippen LogP contribution < -0.4 is 5.73 Å². The summed E-state index contributed by atoms with van der Waals surface area (Å²) in [6.07, 6.45) is 0. The molecule has 0 spiro atoms. The third-order valence-electron chi connectivity index (χ3n) is 3.08. The Morgan fingerprint density at radius 3 is 2.58 bits per heavy atom. The minimum absolute atomic E-state index is 0.0600. The van der Waals surface area contributed by atoms with Crippen molar-refractivity contribution in [2.24, 2.45) is 5.73 Å². The Bertz CT molecular complexity index is 496. The van der Waals surface area contributed by atoms with Crippen LogP contribution in [-0.4, -0.2) is 23.0 Å². The van der Waals surface area contributed by atoms with Crippen molar-refractivity contribution in [1.29, 1.82) is 0 Å². The maximum absolute atomic E-state index is 6.17. The molecule has 0 saturated carbocycles. The summed E-state index contributed by atoms with van der Waals surface area (Å²) in [6.45, 7) is 2.86. The van der Waals surface area contributed by atoms with Crippen LogP contribution in [0.4, 0.5) is 0 Å². The summed E-state index contributed by atoms with van der Waals surface area (Å²) in [4.78, 5) is 6.59. The first-order valence-electron chi connectivity index (χ1n) is 6.16. The minimum atomic E-state index is 0.0600. The van der Waals surface area contributed by atoms with E-state index in [1.807, 2.05) is 12.4 Å². The molecule has 2 atom stereocenters. The maximum atomic E-state index is 6.17. The molecule has 1 aromatic heterocycles. The van der Waals surface area contributed by atoms with Gasteiger partial charge in [-0.05, 0) is 31.7 Å². The lowest BCUT2D eigenvalue weighted by molar-refractivity contribution is 0.209. The van der Waals surface area contributed by atoms with Crippen LogP contribution in [0.5, 0.6) is 0 Å². The number of hydrogen-bond donors (Lipinski definition) is 1. The fraction of sp³-hybridized carbons (Fsp3) is 0.357. The zero-order valence-electron chi connectivity index (χ0n) is 11.1. The van der Waals surface area contributed by atoms with E-state index in [1.165, 1.54) is 5.56 Å². The Morgan fingerprint density at radius 2 is 2.05 bits per heavy atom. The van der Waals surface area contributed by atoms with E-state index in [-0.39, 0.29) is 12.1 Å².